The number of nitrogens with one attached hydrogen (secondary N) is 5. The number of carbonyl (C=O) groups excluding carboxylic acids is 2. The van der Waals surface area contributed by atoms with E-state index in [0.29, 0.717) is 54.7 Å². The predicted octanol–water partition coefficient (Wildman–Crippen LogP) is 7.68. The molecular weight excluding hydrogens is 963 g/mol. The molecular formula is C48H63N15O7S2+2. The van der Waals surface area contributed by atoms with Gasteiger partial charge in [-0.3, -0.25) is 9.59 Å². The molecule has 4 aromatic carbocycles. The van der Waals surface area contributed by atoms with Gasteiger partial charge in [0.05, 0.1) is 58.8 Å². The van der Waals surface area contributed by atoms with Crippen molar-refractivity contribution in [3.8, 4) is 5.75 Å². The lowest BCUT2D eigenvalue weighted by molar-refractivity contribution is -0.712. The summed E-state index contributed by atoms with van der Waals surface area (Å²) in [4.78, 5) is 28.2. The lowest BCUT2D eigenvalue weighted by atomic mass is 10.1. The molecule has 4 unspecified atom stereocenters. The Bertz CT molecular complexity index is 2850. The summed E-state index contributed by atoms with van der Waals surface area (Å²) in [6, 6.07) is 22.5. The molecule has 2 heterocycles. The molecule has 0 aliphatic carbocycles. The SMILES string of the molecule is COc1cc(N=Nc2sc(N(CC(C)O)CC(C)O)n[n+]2C)c(NC(C)=O)cc1Nc1ccc(Nc2ccc(Nc3cc(NC(C)=O)c(N=Nc4sc(N(CC(C)O)CC(C)O)n[n+]4C)cc3C)cc2)cc1. The van der Waals surface area contributed by atoms with Gasteiger partial charge in [-0.1, -0.05) is 10.2 Å². The number of ether oxygens (including phenoxy) is 1. The van der Waals surface area contributed by atoms with E-state index >= 15 is 0 Å². The van der Waals surface area contributed by atoms with Gasteiger partial charge in [-0.2, -0.15) is 0 Å². The van der Waals surface area contributed by atoms with Crippen molar-refractivity contribution in [3.63, 3.8) is 0 Å². The van der Waals surface area contributed by atoms with Crippen LogP contribution in [0.25, 0.3) is 0 Å². The highest BCUT2D eigenvalue weighted by Gasteiger charge is 2.25. The number of nitrogens with zero attached hydrogens (tertiary/aromatic N) is 10. The molecule has 24 heteroatoms. The Morgan fingerprint density at radius 3 is 1.32 bits per heavy atom. The first-order chi connectivity index (χ1) is 34.2. The number of azo groups is 2. The third-order valence-corrected chi connectivity index (χ3v) is 12.4. The summed E-state index contributed by atoms with van der Waals surface area (Å²) in [5, 5.41) is 85.0. The molecule has 0 aliphatic rings. The molecule has 0 saturated heterocycles. The summed E-state index contributed by atoms with van der Waals surface area (Å²) >= 11 is 2.51. The van der Waals surface area contributed by atoms with Crippen LogP contribution in [-0.4, -0.2) is 100 Å². The molecule has 0 aliphatic heterocycles. The number of hydrogen-bond acceptors (Lipinski definition) is 20. The normalized spacial score (nSPS) is 13.1. The van der Waals surface area contributed by atoms with Crippen molar-refractivity contribution in [2.24, 2.45) is 34.6 Å². The molecule has 72 heavy (non-hydrogen) atoms. The standard InChI is InChI=1S/C48H61N15O7S2/c1-27-19-41(54-56-45-60(8)58-47(71-45)62(23-28(2)64)24-29(3)65)39(49-32(6)68)20-38(27)52-36-15-11-34(12-16-36)51-35-13-17-37(18-14-35)53-43-21-40(50-33(7)69)42(22-44(43)70-10)55-57-46-61(9)59-48(72-46)63(25-30(4)66)26-31(5)67/h11-22,28-31,64-67H,23-26H2,1-10H3,(H3,49,50,51,52,53,54,55,68,69)/p+2. The van der Waals surface area contributed by atoms with Gasteiger partial charge in [-0.05, 0) is 140 Å². The van der Waals surface area contributed by atoms with Gasteiger partial charge in [0.15, 0.2) is 0 Å². The summed E-state index contributed by atoms with van der Waals surface area (Å²) in [7, 11) is 5.00. The number of hydrogen-bond donors (Lipinski definition) is 9. The maximum absolute atomic E-state index is 12.3. The first-order valence-corrected chi connectivity index (χ1v) is 24.6. The maximum Gasteiger partial charge on any atom is 0.431 e. The van der Waals surface area contributed by atoms with E-state index in [-0.39, 0.29) is 38.0 Å². The first-order valence-electron chi connectivity index (χ1n) is 23.0. The van der Waals surface area contributed by atoms with Crippen molar-refractivity contribution >= 4 is 112 Å². The molecule has 2 aromatic heterocycles. The summed E-state index contributed by atoms with van der Waals surface area (Å²) < 4.78 is 8.87. The van der Waals surface area contributed by atoms with Crippen molar-refractivity contribution in [2.75, 3.05) is 69.7 Å². The molecule has 6 rings (SSSR count). The zero-order valence-electron chi connectivity index (χ0n) is 41.9. The summed E-state index contributed by atoms with van der Waals surface area (Å²) in [5.41, 5.74) is 7.09. The Kier molecular flexibility index (Phi) is 18.6. The lowest BCUT2D eigenvalue weighted by Gasteiger charge is -2.23. The van der Waals surface area contributed by atoms with E-state index in [4.69, 9.17) is 4.74 Å². The lowest BCUT2D eigenvalue weighted by Crippen LogP contribution is -2.38. The quantitative estimate of drug-likeness (QED) is 0.0220. The van der Waals surface area contributed by atoms with Crippen LogP contribution >= 0.6 is 22.7 Å². The van der Waals surface area contributed by atoms with Crippen LogP contribution in [0.5, 0.6) is 5.75 Å². The van der Waals surface area contributed by atoms with Crippen LogP contribution in [0.2, 0.25) is 0 Å². The van der Waals surface area contributed by atoms with Crippen molar-refractivity contribution in [1.82, 2.24) is 10.2 Å². The van der Waals surface area contributed by atoms with Gasteiger partial charge in [0.1, 0.15) is 31.2 Å². The molecule has 382 valence electrons. The fourth-order valence-electron chi connectivity index (χ4n) is 7.19. The number of anilines is 10. The number of methoxy groups -OCH3 is 1. The van der Waals surface area contributed by atoms with Gasteiger partial charge in [0.25, 0.3) is 0 Å². The Morgan fingerprint density at radius 2 is 0.944 bits per heavy atom. The Balaban J connectivity index is 1.12. The molecule has 2 amide bonds. The molecule has 0 spiro atoms. The molecule has 0 saturated carbocycles. The number of rotatable bonds is 23. The van der Waals surface area contributed by atoms with Gasteiger partial charge in [0, 0.05) is 74.5 Å². The number of aliphatic hydroxyl groups is 4. The number of carbonyl (C=O) groups is 2. The number of benzene rings is 4. The fraction of sp³-hybridized carbons (Fsp3) is 0.375. The van der Waals surface area contributed by atoms with Gasteiger partial charge in [-0.15, -0.1) is 9.36 Å². The third kappa shape index (κ3) is 15.4. The zero-order valence-corrected chi connectivity index (χ0v) is 43.5. The minimum absolute atomic E-state index is 0.270. The topological polar surface area (TPSA) is 274 Å². The van der Waals surface area contributed by atoms with E-state index in [1.54, 1.807) is 73.1 Å². The molecule has 22 nitrogen and oxygen atoms in total. The number of aryl methyl sites for hydroxylation is 3. The van der Waals surface area contributed by atoms with Gasteiger partial charge >= 0.3 is 10.3 Å². The monoisotopic (exact) mass is 1030 g/mol. The Morgan fingerprint density at radius 1 is 0.583 bits per heavy atom. The summed E-state index contributed by atoms with van der Waals surface area (Å²) in [6.07, 6.45) is -2.55. The van der Waals surface area contributed by atoms with E-state index in [9.17, 15) is 30.0 Å². The van der Waals surface area contributed by atoms with Gasteiger partial charge < -0.3 is 61.5 Å². The van der Waals surface area contributed by atoms with E-state index in [0.717, 1.165) is 34.0 Å². The van der Waals surface area contributed by atoms with Crippen LogP contribution in [-0.2, 0) is 23.7 Å². The van der Waals surface area contributed by atoms with Crippen LogP contribution < -0.4 is 50.5 Å². The Hall–Kier alpha value is -7.22. The summed E-state index contributed by atoms with van der Waals surface area (Å²) in [5.74, 6) is -0.117. The fourth-order valence-corrected chi connectivity index (χ4v) is 8.91. The molecule has 0 bridgehead atoms. The van der Waals surface area contributed by atoms with Crippen molar-refractivity contribution in [2.45, 2.75) is 72.9 Å². The van der Waals surface area contributed by atoms with E-state index in [2.05, 4.69) is 57.2 Å². The van der Waals surface area contributed by atoms with Gasteiger partial charge in [-0.25, -0.2) is 0 Å². The number of aromatic nitrogens is 4. The van der Waals surface area contributed by atoms with Crippen LogP contribution in [0.1, 0.15) is 47.1 Å². The third-order valence-electron chi connectivity index (χ3n) is 10.3. The first kappa shape index (κ1) is 54.1. The number of amides is 2. The second-order valence-corrected chi connectivity index (χ2v) is 19.2. The highest BCUT2D eigenvalue weighted by Crippen LogP contribution is 2.40. The van der Waals surface area contributed by atoms with Gasteiger partial charge in [0.2, 0.25) is 22.1 Å². The zero-order chi connectivity index (χ0) is 52.2. The molecule has 0 fully saturated rings. The predicted molar refractivity (Wildman–Crippen MR) is 282 cm³/mol. The molecule has 0 radical (unpaired) electrons. The maximum atomic E-state index is 12.3. The van der Waals surface area contributed by atoms with Crippen LogP contribution in [0, 0.1) is 6.92 Å². The molecule has 6 aromatic rings. The minimum Gasteiger partial charge on any atom is -0.494 e. The number of aliphatic hydroxyl groups excluding tert-OH is 4. The molecule has 4 atom stereocenters. The summed E-state index contributed by atoms with van der Waals surface area (Å²) in [6.45, 7) is 12.6. The second-order valence-electron chi connectivity index (χ2n) is 17.3. The highest BCUT2D eigenvalue weighted by atomic mass is 32.1. The average molecular weight is 1030 g/mol. The van der Waals surface area contributed by atoms with Crippen molar-refractivity contribution in [3.05, 3.63) is 78.4 Å². The molecule has 9 N–H and O–H groups in total. The average Bonchev–Trinajstić information content (AvgIpc) is 3.87. The van der Waals surface area contributed by atoms with Crippen LogP contribution in [0.15, 0.2) is 93.3 Å². The van der Waals surface area contributed by atoms with Crippen LogP contribution in [0.3, 0.4) is 0 Å². The Labute approximate surface area is 425 Å². The smallest absolute Gasteiger partial charge is 0.431 e. The van der Waals surface area contributed by atoms with Crippen molar-refractivity contribution < 1.29 is 44.1 Å². The highest BCUT2D eigenvalue weighted by molar-refractivity contribution is 7.18. The largest absolute Gasteiger partial charge is 0.494 e. The van der Waals surface area contributed by atoms with E-state index < -0.39 is 24.4 Å². The minimum atomic E-state index is -0.643. The van der Waals surface area contributed by atoms with Crippen LogP contribution in [0.4, 0.5) is 77.4 Å². The second kappa shape index (κ2) is 24.8. The van der Waals surface area contributed by atoms with Crippen molar-refractivity contribution in [1.29, 1.82) is 0 Å². The van der Waals surface area contributed by atoms with E-state index in [1.165, 1.54) is 43.6 Å². The van der Waals surface area contributed by atoms with E-state index in [1.807, 2.05) is 67.6 Å².